The van der Waals surface area contributed by atoms with Crippen molar-refractivity contribution in [3.8, 4) is 0 Å². The summed E-state index contributed by atoms with van der Waals surface area (Å²) in [6, 6.07) is 10.7. The van der Waals surface area contributed by atoms with E-state index in [0.717, 1.165) is 45.2 Å². The van der Waals surface area contributed by atoms with Crippen LogP contribution < -0.4 is 5.73 Å². The topological polar surface area (TPSA) is 55.6 Å². The number of likely N-dealkylation sites (tertiary alicyclic amines) is 1. The number of rotatable bonds is 4. The zero-order valence-corrected chi connectivity index (χ0v) is 13.9. The second-order valence-electron chi connectivity index (χ2n) is 7.02. The second kappa shape index (κ2) is 7.45. The van der Waals surface area contributed by atoms with E-state index < -0.39 is 0 Å². The molecule has 2 fully saturated rings. The van der Waals surface area contributed by atoms with Gasteiger partial charge in [0.15, 0.2) is 0 Å². The van der Waals surface area contributed by atoms with Gasteiger partial charge in [0.05, 0.1) is 5.41 Å². The number of hydrogen-bond acceptors (Lipinski definition) is 3. The van der Waals surface area contributed by atoms with Gasteiger partial charge < -0.3 is 15.4 Å². The maximum absolute atomic E-state index is 13.0. The van der Waals surface area contributed by atoms with Crippen LogP contribution in [0.5, 0.6) is 0 Å². The molecular weight excluding hydrogens is 288 g/mol. The Bertz CT molecular complexity index is 503. The quantitative estimate of drug-likeness (QED) is 0.927. The number of nitrogens with zero attached hydrogens (tertiary/aromatic N) is 1. The fourth-order valence-corrected chi connectivity index (χ4v) is 3.89. The van der Waals surface area contributed by atoms with Crippen molar-refractivity contribution in [2.75, 3.05) is 32.8 Å². The third-order valence-electron chi connectivity index (χ3n) is 5.56. The van der Waals surface area contributed by atoms with Gasteiger partial charge in [0, 0.05) is 32.8 Å². The molecule has 0 saturated carbocycles. The van der Waals surface area contributed by atoms with Gasteiger partial charge in [-0.15, -0.1) is 0 Å². The Balaban J connectivity index is 1.55. The van der Waals surface area contributed by atoms with Gasteiger partial charge in [-0.3, -0.25) is 4.79 Å². The average Bonchev–Trinajstić information content (AvgIpc) is 2.63. The highest BCUT2D eigenvalue weighted by Gasteiger charge is 2.42. The molecule has 1 aromatic rings. The number of carbonyl (C=O) groups is 1. The van der Waals surface area contributed by atoms with E-state index in [1.54, 1.807) is 0 Å². The minimum absolute atomic E-state index is 0.265. The SMILES string of the molecule is NCC1(C(=O)N2CCC(Cc3ccccc3)CC2)CCOCC1. The van der Waals surface area contributed by atoms with Gasteiger partial charge >= 0.3 is 0 Å². The molecule has 4 nitrogen and oxygen atoms in total. The number of amides is 1. The Hall–Kier alpha value is -1.39. The summed E-state index contributed by atoms with van der Waals surface area (Å²) in [6.45, 7) is 3.51. The lowest BCUT2D eigenvalue weighted by atomic mass is 9.78. The van der Waals surface area contributed by atoms with Crippen molar-refractivity contribution in [1.82, 2.24) is 4.90 Å². The first kappa shape index (κ1) is 16.5. The van der Waals surface area contributed by atoms with Crippen molar-refractivity contribution in [3.63, 3.8) is 0 Å². The van der Waals surface area contributed by atoms with Crippen molar-refractivity contribution < 1.29 is 9.53 Å². The largest absolute Gasteiger partial charge is 0.381 e. The van der Waals surface area contributed by atoms with Crippen LogP contribution in [0.1, 0.15) is 31.2 Å². The lowest BCUT2D eigenvalue weighted by molar-refractivity contribution is -0.148. The fraction of sp³-hybridized carbons (Fsp3) is 0.632. The first-order valence-corrected chi connectivity index (χ1v) is 8.85. The molecule has 0 aromatic heterocycles. The molecule has 0 atom stereocenters. The summed E-state index contributed by atoms with van der Waals surface area (Å²) in [5.74, 6) is 0.950. The van der Waals surface area contributed by atoms with Crippen molar-refractivity contribution in [2.45, 2.75) is 32.1 Å². The van der Waals surface area contributed by atoms with Crippen molar-refractivity contribution in [2.24, 2.45) is 17.1 Å². The molecule has 0 radical (unpaired) electrons. The average molecular weight is 316 g/mol. The standard InChI is InChI=1S/C19H28N2O2/c20-15-19(8-12-23-13-9-19)18(22)21-10-6-17(7-11-21)14-16-4-2-1-3-5-16/h1-5,17H,6-15,20H2. The van der Waals surface area contributed by atoms with Crippen LogP contribution in [-0.4, -0.2) is 43.7 Å². The summed E-state index contributed by atoms with van der Waals surface area (Å²) >= 11 is 0. The molecule has 1 aromatic carbocycles. The summed E-state index contributed by atoms with van der Waals surface area (Å²) in [7, 11) is 0. The number of ether oxygens (including phenoxy) is 1. The van der Waals surface area contributed by atoms with Gasteiger partial charge in [-0.05, 0) is 43.6 Å². The number of piperidine rings is 1. The van der Waals surface area contributed by atoms with Crippen molar-refractivity contribution in [3.05, 3.63) is 35.9 Å². The monoisotopic (exact) mass is 316 g/mol. The summed E-state index contributed by atoms with van der Waals surface area (Å²) < 4.78 is 5.42. The Morgan fingerprint density at radius 2 is 1.83 bits per heavy atom. The maximum Gasteiger partial charge on any atom is 0.230 e. The summed E-state index contributed by atoms with van der Waals surface area (Å²) in [5, 5.41) is 0. The van der Waals surface area contributed by atoms with Crippen LogP contribution in [0, 0.1) is 11.3 Å². The van der Waals surface area contributed by atoms with Crippen LogP contribution in [0.25, 0.3) is 0 Å². The molecule has 0 spiro atoms. The van der Waals surface area contributed by atoms with Gasteiger partial charge in [0.2, 0.25) is 5.91 Å². The number of benzene rings is 1. The normalized spacial score (nSPS) is 22.0. The highest BCUT2D eigenvalue weighted by Crippen LogP contribution is 2.33. The summed E-state index contributed by atoms with van der Waals surface area (Å²) in [6.07, 6.45) is 4.85. The Labute approximate surface area is 139 Å². The van der Waals surface area contributed by atoms with Crippen LogP contribution in [0.15, 0.2) is 30.3 Å². The first-order valence-electron chi connectivity index (χ1n) is 8.85. The highest BCUT2D eigenvalue weighted by molar-refractivity contribution is 5.83. The molecule has 23 heavy (non-hydrogen) atoms. The maximum atomic E-state index is 13.0. The van der Waals surface area contributed by atoms with E-state index in [9.17, 15) is 4.79 Å². The Kier molecular flexibility index (Phi) is 5.34. The summed E-state index contributed by atoms with van der Waals surface area (Å²) in [5.41, 5.74) is 7.00. The van der Waals surface area contributed by atoms with E-state index in [0.29, 0.717) is 25.7 Å². The third kappa shape index (κ3) is 3.75. The van der Waals surface area contributed by atoms with Gasteiger partial charge in [-0.1, -0.05) is 30.3 Å². The Morgan fingerprint density at radius 3 is 2.43 bits per heavy atom. The fourth-order valence-electron chi connectivity index (χ4n) is 3.89. The molecule has 0 unspecified atom stereocenters. The number of carbonyl (C=O) groups excluding carboxylic acids is 1. The van der Waals surface area contributed by atoms with Gasteiger partial charge in [0.1, 0.15) is 0 Å². The van der Waals surface area contributed by atoms with Crippen LogP contribution in [0.4, 0.5) is 0 Å². The predicted octanol–water partition coefficient (Wildman–Crippen LogP) is 2.22. The van der Waals surface area contributed by atoms with E-state index in [2.05, 4.69) is 35.2 Å². The predicted molar refractivity (Wildman–Crippen MR) is 91.0 cm³/mol. The lowest BCUT2D eigenvalue weighted by Crippen LogP contribution is -2.52. The van der Waals surface area contributed by atoms with Gasteiger partial charge in [-0.25, -0.2) is 0 Å². The van der Waals surface area contributed by atoms with Crippen LogP contribution >= 0.6 is 0 Å². The second-order valence-corrected chi connectivity index (χ2v) is 7.02. The smallest absolute Gasteiger partial charge is 0.230 e. The zero-order chi connectivity index (χ0) is 16.1. The molecule has 3 rings (SSSR count). The molecule has 2 N–H and O–H groups in total. The molecule has 126 valence electrons. The van der Waals surface area contributed by atoms with E-state index in [-0.39, 0.29) is 11.3 Å². The summed E-state index contributed by atoms with van der Waals surface area (Å²) in [4.78, 5) is 15.0. The van der Waals surface area contributed by atoms with Crippen molar-refractivity contribution in [1.29, 1.82) is 0 Å². The minimum Gasteiger partial charge on any atom is -0.381 e. The molecule has 1 amide bonds. The van der Waals surface area contributed by atoms with Gasteiger partial charge in [0.25, 0.3) is 0 Å². The minimum atomic E-state index is -0.371. The van der Waals surface area contributed by atoms with E-state index in [1.165, 1.54) is 5.56 Å². The van der Waals surface area contributed by atoms with Crippen LogP contribution in [0.3, 0.4) is 0 Å². The lowest BCUT2D eigenvalue weighted by Gasteiger charge is -2.41. The molecule has 2 aliphatic rings. The molecule has 0 bridgehead atoms. The first-order chi connectivity index (χ1) is 11.2. The molecule has 4 heteroatoms. The molecular formula is C19H28N2O2. The number of nitrogens with two attached hydrogens (primary N) is 1. The third-order valence-corrected chi connectivity index (χ3v) is 5.56. The van der Waals surface area contributed by atoms with E-state index in [4.69, 9.17) is 10.5 Å². The molecule has 0 aliphatic carbocycles. The number of hydrogen-bond donors (Lipinski definition) is 1. The zero-order valence-electron chi connectivity index (χ0n) is 13.9. The molecule has 2 saturated heterocycles. The van der Waals surface area contributed by atoms with Gasteiger partial charge in [-0.2, -0.15) is 0 Å². The van der Waals surface area contributed by atoms with E-state index in [1.807, 2.05) is 0 Å². The Morgan fingerprint density at radius 1 is 1.17 bits per heavy atom. The highest BCUT2D eigenvalue weighted by atomic mass is 16.5. The molecule has 2 aliphatic heterocycles. The van der Waals surface area contributed by atoms with Crippen LogP contribution in [0.2, 0.25) is 0 Å². The molecule has 2 heterocycles. The van der Waals surface area contributed by atoms with Crippen molar-refractivity contribution >= 4 is 5.91 Å². The van der Waals surface area contributed by atoms with Crippen LogP contribution in [-0.2, 0) is 16.0 Å². The van der Waals surface area contributed by atoms with E-state index >= 15 is 0 Å².